The van der Waals surface area contributed by atoms with Crippen LogP contribution in [0.1, 0.15) is 36.6 Å². The van der Waals surface area contributed by atoms with Crippen molar-refractivity contribution in [3.63, 3.8) is 0 Å². The van der Waals surface area contributed by atoms with Crippen LogP contribution in [0.4, 0.5) is 0 Å². The van der Waals surface area contributed by atoms with Crippen LogP contribution in [0.2, 0.25) is 0 Å². The largest absolute Gasteiger partial charge is 0.497 e. The third-order valence-electron chi connectivity index (χ3n) is 4.30. The summed E-state index contributed by atoms with van der Waals surface area (Å²) in [7, 11) is 3.38. The summed E-state index contributed by atoms with van der Waals surface area (Å²) >= 11 is 0. The highest BCUT2D eigenvalue weighted by atomic mass is 16.5. The molecule has 2 aromatic rings. The van der Waals surface area contributed by atoms with Crippen molar-refractivity contribution in [1.82, 2.24) is 5.32 Å². The van der Waals surface area contributed by atoms with Crippen LogP contribution >= 0.6 is 0 Å². The van der Waals surface area contributed by atoms with Crippen LogP contribution in [-0.2, 0) is 0 Å². The molecule has 0 fully saturated rings. The molecular formula is C19H23NO3. The van der Waals surface area contributed by atoms with Gasteiger partial charge in [-0.15, -0.1) is 0 Å². The third-order valence-corrected chi connectivity index (χ3v) is 4.30. The first-order valence-electron chi connectivity index (χ1n) is 7.92. The third kappa shape index (κ3) is 3.42. The number of fused-ring (bicyclic) bond motifs is 1. The predicted octanol–water partition coefficient (Wildman–Crippen LogP) is 3.88. The fraction of sp³-hybridized carbons (Fsp3) is 0.368. The van der Waals surface area contributed by atoms with Gasteiger partial charge in [-0.1, -0.05) is 12.1 Å². The van der Waals surface area contributed by atoms with Crippen molar-refractivity contribution in [3.05, 3.63) is 53.6 Å². The molecule has 0 spiro atoms. The van der Waals surface area contributed by atoms with Crippen molar-refractivity contribution in [2.75, 3.05) is 20.8 Å². The highest BCUT2D eigenvalue weighted by Gasteiger charge is 2.23. The Morgan fingerprint density at radius 3 is 2.65 bits per heavy atom. The Hall–Kier alpha value is -2.20. The fourth-order valence-electron chi connectivity index (χ4n) is 2.98. The van der Waals surface area contributed by atoms with Crippen molar-refractivity contribution in [1.29, 1.82) is 0 Å². The second-order valence-electron chi connectivity index (χ2n) is 5.76. The molecule has 0 saturated heterocycles. The minimum absolute atomic E-state index is 0.215. The van der Waals surface area contributed by atoms with E-state index in [1.807, 2.05) is 24.3 Å². The Balaban J connectivity index is 1.80. The molecule has 0 amide bonds. The maximum Gasteiger partial charge on any atom is 0.124 e. The fourth-order valence-corrected chi connectivity index (χ4v) is 2.98. The van der Waals surface area contributed by atoms with Gasteiger partial charge in [0.25, 0.3) is 0 Å². The topological polar surface area (TPSA) is 39.7 Å². The highest BCUT2D eigenvalue weighted by Crippen LogP contribution is 2.36. The molecule has 1 unspecified atom stereocenters. The van der Waals surface area contributed by atoms with E-state index in [0.29, 0.717) is 0 Å². The lowest BCUT2D eigenvalue weighted by Gasteiger charge is -2.30. The summed E-state index contributed by atoms with van der Waals surface area (Å²) in [5.41, 5.74) is 2.37. The van der Waals surface area contributed by atoms with Gasteiger partial charge in [-0.05, 0) is 42.8 Å². The number of methoxy groups -OCH3 is 2. The lowest BCUT2D eigenvalue weighted by Crippen LogP contribution is -2.29. The zero-order chi connectivity index (χ0) is 16.2. The van der Waals surface area contributed by atoms with Crippen LogP contribution < -0.4 is 19.5 Å². The normalized spacial score (nSPS) is 17.8. The average molecular weight is 313 g/mol. The monoisotopic (exact) mass is 313 g/mol. The molecule has 2 atom stereocenters. The van der Waals surface area contributed by atoms with Gasteiger partial charge in [0.1, 0.15) is 17.2 Å². The maximum atomic E-state index is 5.76. The molecule has 0 bridgehead atoms. The number of hydrogen-bond donors (Lipinski definition) is 1. The van der Waals surface area contributed by atoms with E-state index in [-0.39, 0.29) is 12.1 Å². The first-order chi connectivity index (χ1) is 11.2. The van der Waals surface area contributed by atoms with Gasteiger partial charge in [0, 0.05) is 24.1 Å². The van der Waals surface area contributed by atoms with E-state index in [0.717, 1.165) is 35.8 Å². The van der Waals surface area contributed by atoms with Crippen LogP contribution in [0.3, 0.4) is 0 Å². The van der Waals surface area contributed by atoms with Gasteiger partial charge in [0.05, 0.1) is 20.8 Å². The lowest BCUT2D eigenvalue weighted by atomic mass is 9.98. The zero-order valence-corrected chi connectivity index (χ0v) is 13.8. The van der Waals surface area contributed by atoms with Gasteiger partial charge >= 0.3 is 0 Å². The Morgan fingerprint density at radius 1 is 1.09 bits per heavy atom. The SMILES string of the molecule is COc1cccc(C(C)N[C@H]2CCOc3ccc(OC)cc32)c1. The number of nitrogens with one attached hydrogen (secondary N) is 1. The van der Waals surface area contributed by atoms with Crippen molar-refractivity contribution in [2.45, 2.75) is 25.4 Å². The second-order valence-corrected chi connectivity index (χ2v) is 5.76. The van der Waals surface area contributed by atoms with Gasteiger partial charge in [0.15, 0.2) is 0 Å². The van der Waals surface area contributed by atoms with E-state index in [2.05, 4.69) is 30.4 Å². The molecule has 122 valence electrons. The van der Waals surface area contributed by atoms with E-state index < -0.39 is 0 Å². The minimum atomic E-state index is 0.215. The Morgan fingerprint density at radius 2 is 1.87 bits per heavy atom. The number of rotatable bonds is 5. The Bertz CT molecular complexity index is 671. The molecule has 0 radical (unpaired) electrons. The molecule has 1 N–H and O–H groups in total. The van der Waals surface area contributed by atoms with E-state index in [1.165, 1.54) is 5.56 Å². The molecular weight excluding hydrogens is 290 g/mol. The molecule has 1 aliphatic rings. The number of benzene rings is 2. The van der Waals surface area contributed by atoms with Gasteiger partial charge in [0.2, 0.25) is 0 Å². The van der Waals surface area contributed by atoms with Crippen molar-refractivity contribution in [2.24, 2.45) is 0 Å². The van der Waals surface area contributed by atoms with Gasteiger partial charge in [-0.3, -0.25) is 0 Å². The number of hydrogen-bond acceptors (Lipinski definition) is 4. The molecule has 0 saturated carbocycles. The Labute approximate surface area is 137 Å². The second kappa shape index (κ2) is 6.92. The average Bonchev–Trinajstić information content (AvgIpc) is 2.61. The van der Waals surface area contributed by atoms with Crippen molar-refractivity contribution < 1.29 is 14.2 Å². The molecule has 1 heterocycles. The standard InChI is InChI=1S/C19H23NO3/c1-13(14-5-4-6-15(11-14)21-2)20-18-9-10-23-19-8-7-16(22-3)12-17(18)19/h4-8,11-13,18,20H,9-10H2,1-3H3/t13?,18-/m0/s1. The number of ether oxygens (including phenoxy) is 3. The molecule has 23 heavy (non-hydrogen) atoms. The maximum absolute atomic E-state index is 5.76. The van der Waals surface area contributed by atoms with Gasteiger partial charge in [-0.25, -0.2) is 0 Å². The van der Waals surface area contributed by atoms with Crippen LogP contribution in [0.25, 0.3) is 0 Å². The summed E-state index contributed by atoms with van der Waals surface area (Å²) in [6.45, 7) is 2.89. The summed E-state index contributed by atoms with van der Waals surface area (Å²) in [5, 5.41) is 3.70. The summed E-state index contributed by atoms with van der Waals surface area (Å²) < 4.78 is 16.4. The van der Waals surface area contributed by atoms with E-state index in [4.69, 9.17) is 14.2 Å². The van der Waals surface area contributed by atoms with Crippen molar-refractivity contribution in [3.8, 4) is 17.2 Å². The summed E-state index contributed by atoms with van der Waals surface area (Å²) in [5.74, 6) is 2.67. The molecule has 2 aromatic carbocycles. The smallest absolute Gasteiger partial charge is 0.124 e. The first kappa shape index (κ1) is 15.7. The molecule has 3 rings (SSSR count). The van der Waals surface area contributed by atoms with Gasteiger partial charge in [-0.2, -0.15) is 0 Å². The molecule has 1 aliphatic heterocycles. The molecule has 0 aromatic heterocycles. The molecule has 4 nitrogen and oxygen atoms in total. The minimum Gasteiger partial charge on any atom is -0.497 e. The summed E-state index contributed by atoms with van der Waals surface area (Å²) in [4.78, 5) is 0. The van der Waals surface area contributed by atoms with Crippen LogP contribution in [-0.4, -0.2) is 20.8 Å². The van der Waals surface area contributed by atoms with Crippen molar-refractivity contribution >= 4 is 0 Å². The van der Waals surface area contributed by atoms with E-state index in [9.17, 15) is 0 Å². The zero-order valence-electron chi connectivity index (χ0n) is 13.8. The van der Waals surface area contributed by atoms with Crippen LogP contribution in [0.5, 0.6) is 17.2 Å². The lowest BCUT2D eigenvalue weighted by molar-refractivity contribution is 0.245. The molecule has 4 heteroatoms. The van der Waals surface area contributed by atoms with E-state index >= 15 is 0 Å². The summed E-state index contributed by atoms with van der Waals surface area (Å²) in [6.07, 6.45) is 0.939. The van der Waals surface area contributed by atoms with E-state index in [1.54, 1.807) is 14.2 Å². The summed E-state index contributed by atoms with van der Waals surface area (Å²) in [6, 6.07) is 14.6. The van der Waals surface area contributed by atoms with Gasteiger partial charge < -0.3 is 19.5 Å². The Kier molecular flexibility index (Phi) is 4.72. The molecule has 0 aliphatic carbocycles. The van der Waals surface area contributed by atoms with Crippen LogP contribution in [0.15, 0.2) is 42.5 Å². The predicted molar refractivity (Wildman–Crippen MR) is 90.4 cm³/mol. The van der Waals surface area contributed by atoms with Crippen LogP contribution in [0, 0.1) is 0 Å². The highest BCUT2D eigenvalue weighted by molar-refractivity contribution is 5.43. The first-order valence-corrected chi connectivity index (χ1v) is 7.92. The quantitative estimate of drug-likeness (QED) is 0.909.